The molecule has 1 N–H and O–H groups in total. The van der Waals surface area contributed by atoms with Crippen LogP contribution in [0.4, 0.5) is 11.4 Å². The highest BCUT2D eigenvalue weighted by Gasteiger charge is 2.43. The van der Waals surface area contributed by atoms with Gasteiger partial charge in [-0.1, -0.05) is 30.1 Å². The van der Waals surface area contributed by atoms with E-state index in [0.717, 1.165) is 0 Å². The number of rotatable bonds is 4. The molecule has 2 atom stereocenters. The Morgan fingerprint density at radius 1 is 1.04 bits per heavy atom. The van der Waals surface area contributed by atoms with Crippen molar-refractivity contribution in [3.05, 3.63) is 58.6 Å². The molecule has 27 heavy (non-hydrogen) atoms. The second-order valence-electron chi connectivity index (χ2n) is 6.02. The van der Waals surface area contributed by atoms with Crippen molar-refractivity contribution in [2.45, 2.75) is 13.0 Å². The highest BCUT2D eigenvalue weighted by molar-refractivity contribution is 6.45. The largest absolute Gasteiger partial charge is 0.467 e. The number of hydrogen-bond donors (Lipinski definition) is 1. The fourth-order valence-electron chi connectivity index (χ4n) is 2.85. The molecule has 2 aromatic carbocycles. The van der Waals surface area contributed by atoms with Crippen molar-refractivity contribution < 1.29 is 14.3 Å². The van der Waals surface area contributed by atoms with E-state index in [9.17, 15) is 9.59 Å². The van der Waals surface area contributed by atoms with Crippen LogP contribution in [0.3, 0.4) is 0 Å². The van der Waals surface area contributed by atoms with Gasteiger partial charge in [-0.15, -0.1) is 0 Å². The summed E-state index contributed by atoms with van der Waals surface area (Å²) >= 11 is 11.8. The van der Waals surface area contributed by atoms with Crippen LogP contribution in [0.1, 0.15) is 6.92 Å². The van der Waals surface area contributed by atoms with Crippen LogP contribution in [0, 0.1) is 5.92 Å². The van der Waals surface area contributed by atoms with Crippen molar-refractivity contribution in [2.75, 3.05) is 17.4 Å². The Bertz CT molecular complexity index is 882. The van der Waals surface area contributed by atoms with Gasteiger partial charge in [-0.3, -0.25) is 9.80 Å². The van der Waals surface area contributed by atoms with E-state index in [1.807, 2.05) is 0 Å². The molecule has 3 rings (SSSR count). The van der Waals surface area contributed by atoms with E-state index in [2.05, 4.69) is 10.4 Å². The summed E-state index contributed by atoms with van der Waals surface area (Å²) in [6.45, 7) is 1.76. The molecule has 0 spiro atoms. The lowest BCUT2D eigenvalue weighted by atomic mass is 9.96. The summed E-state index contributed by atoms with van der Waals surface area (Å²) in [5, 5.41) is 9.79. The van der Waals surface area contributed by atoms with Gasteiger partial charge in [0, 0.05) is 21.7 Å². The van der Waals surface area contributed by atoms with Crippen molar-refractivity contribution in [3.63, 3.8) is 0 Å². The van der Waals surface area contributed by atoms with Crippen LogP contribution >= 0.6 is 23.2 Å². The van der Waals surface area contributed by atoms with Gasteiger partial charge in [0.15, 0.2) is 6.04 Å². The lowest BCUT2D eigenvalue weighted by Gasteiger charge is -2.23. The molecule has 1 heterocycles. The molecular weight excluding hydrogens is 389 g/mol. The molecule has 0 fully saturated rings. The Hall–Kier alpha value is -2.57. The second kappa shape index (κ2) is 7.98. The normalized spacial score (nSPS) is 18.8. The summed E-state index contributed by atoms with van der Waals surface area (Å²) in [6.07, 6.45) is 0. The summed E-state index contributed by atoms with van der Waals surface area (Å²) < 4.78 is 4.91. The minimum absolute atomic E-state index is 0.232. The van der Waals surface area contributed by atoms with Crippen molar-refractivity contribution in [3.8, 4) is 0 Å². The standard InChI is InChI=1S/C19H17Cl2N3O3/c1-11-16(18(25)22-14-7-3-12(20)4-8-14)23-24(17(11)19(26)27-2)15-9-5-13(21)6-10-15/h3-11,17H,1-2H3,(H,22,25). The number of hydrogen-bond acceptors (Lipinski definition) is 5. The van der Waals surface area contributed by atoms with E-state index in [1.165, 1.54) is 12.1 Å². The number of anilines is 2. The summed E-state index contributed by atoms with van der Waals surface area (Å²) in [4.78, 5) is 25.1. The van der Waals surface area contributed by atoms with Crippen molar-refractivity contribution >= 4 is 52.2 Å². The van der Waals surface area contributed by atoms with Crippen LogP contribution in [0.5, 0.6) is 0 Å². The number of esters is 1. The Kier molecular flexibility index (Phi) is 5.68. The first-order valence-corrected chi connectivity index (χ1v) is 8.94. The third-order valence-electron chi connectivity index (χ3n) is 4.25. The maximum Gasteiger partial charge on any atom is 0.331 e. The fourth-order valence-corrected chi connectivity index (χ4v) is 3.10. The van der Waals surface area contributed by atoms with Gasteiger partial charge in [0.05, 0.1) is 12.8 Å². The first kappa shape index (κ1) is 19.2. The quantitative estimate of drug-likeness (QED) is 0.780. The molecule has 2 aromatic rings. The van der Waals surface area contributed by atoms with E-state index < -0.39 is 23.8 Å². The number of nitrogens with one attached hydrogen (secondary N) is 1. The van der Waals surface area contributed by atoms with Crippen LogP contribution in [-0.2, 0) is 14.3 Å². The van der Waals surface area contributed by atoms with Crippen molar-refractivity contribution in [1.29, 1.82) is 0 Å². The third kappa shape index (κ3) is 4.07. The molecule has 1 aliphatic rings. The van der Waals surface area contributed by atoms with Crippen molar-refractivity contribution in [2.24, 2.45) is 11.0 Å². The molecule has 0 aromatic heterocycles. The first-order valence-electron chi connectivity index (χ1n) is 8.18. The zero-order chi connectivity index (χ0) is 19.6. The number of ether oxygens (including phenoxy) is 1. The summed E-state index contributed by atoms with van der Waals surface area (Å²) in [5.74, 6) is -1.34. The van der Waals surface area contributed by atoms with Crippen molar-refractivity contribution in [1.82, 2.24) is 0 Å². The fraction of sp³-hybridized carbons (Fsp3) is 0.211. The Morgan fingerprint density at radius 2 is 1.59 bits per heavy atom. The predicted octanol–water partition coefficient (Wildman–Crippen LogP) is 3.99. The minimum atomic E-state index is -0.748. The molecule has 0 saturated carbocycles. The Labute approximate surface area is 166 Å². The van der Waals surface area contributed by atoms with E-state index in [-0.39, 0.29) is 5.71 Å². The molecule has 6 nitrogen and oxygen atoms in total. The molecule has 2 unspecified atom stereocenters. The van der Waals surface area contributed by atoms with Crippen LogP contribution in [0.2, 0.25) is 10.0 Å². The zero-order valence-corrected chi connectivity index (χ0v) is 16.2. The summed E-state index contributed by atoms with van der Waals surface area (Å²) in [6, 6.07) is 12.8. The Morgan fingerprint density at radius 3 is 2.15 bits per heavy atom. The van der Waals surface area contributed by atoms with Crippen LogP contribution < -0.4 is 10.3 Å². The highest BCUT2D eigenvalue weighted by atomic mass is 35.5. The number of halogens is 2. The highest BCUT2D eigenvalue weighted by Crippen LogP contribution is 2.30. The van der Waals surface area contributed by atoms with Crippen LogP contribution in [0.15, 0.2) is 53.6 Å². The van der Waals surface area contributed by atoms with E-state index in [1.54, 1.807) is 55.5 Å². The number of amides is 1. The molecule has 0 radical (unpaired) electrons. The van der Waals surface area contributed by atoms with Gasteiger partial charge in [-0.2, -0.15) is 5.10 Å². The van der Waals surface area contributed by atoms with Gasteiger partial charge < -0.3 is 10.1 Å². The molecule has 8 heteroatoms. The molecular formula is C19H17Cl2N3O3. The minimum Gasteiger partial charge on any atom is -0.467 e. The SMILES string of the molecule is COC(=O)C1C(C)C(C(=O)Nc2ccc(Cl)cc2)=NN1c1ccc(Cl)cc1. The lowest BCUT2D eigenvalue weighted by molar-refractivity contribution is -0.142. The van der Waals surface area contributed by atoms with Gasteiger partial charge in [0.2, 0.25) is 0 Å². The number of carbonyl (C=O) groups excluding carboxylic acids is 2. The Balaban J connectivity index is 1.90. The van der Waals surface area contributed by atoms with Gasteiger partial charge >= 0.3 is 5.97 Å². The van der Waals surface area contributed by atoms with Gasteiger partial charge in [-0.05, 0) is 48.5 Å². The average Bonchev–Trinajstić information content (AvgIpc) is 3.01. The molecule has 140 valence electrons. The number of benzene rings is 2. The van der Waals surface area contributed by atoms with E-state index >= 15 is 0 Å². The lowest BCUT2D eigenvalue weighted by Crippen LogP contribution is -2.41. The predicted molar refractivity (Wildman–Crippen MR) is 106 cm³/mol. The summed E-state index contributed by atoms with van der Waals surface area (Å²) in [5.41, 5.74) is 1.45. The number of carbonyl (C=O) groups is 2. The number of hydrazone groups is 1. The van der Waals surface area contributed by atoms with E-state index in [4.69, 9.17) is 27.9 Å². The maximum absolute atomic E-state index is 12.7. The first-order chi connectivity index (χ1) is 12.9. The van der Waals surface area contributed by atoms with Gasteiger partial charge in [0.1, 0.15) is 5.71 Å². The third-order valence-corrected chi connectivity index (χ3v) is 4.76. The zero-order valence-electron chi connectivity index (χ0n) is 14.6. The molecule has 1 amide bonds. The van der Waals surface area contributed by atoms with Gasteiger partial charge in [-0.25, -0.2) is 4.79 Å². The van der Waals surface area contributed by atoms with E-state index in [0.29, 0.717) is 21.4 Å². The summed E-state index contributed by atoms with van der Waals surface area (Å²) in [7, 11) is 1.31. The second-order valence-corrected chi connectivity index (χ2v) is 6.90. The monoisotopic (exact) mass is 405 g/mol. The maximum atomic E-state index is 12.7. The smallest absolute Gasteiger partial charge is 0.331 e. The molecule has 0 aliphatic carbocycles. The molecule has 0 saturated heterocycles. The number of methoxy groups -OCH3 is 1. The molecule has 1 aliphatic heterocycles. The van der Waals surface area contributed by atoms with Gasteiger partial charge in [0.25, 0.3) is 5.91 Å². The molecule has 0 bridgehead atoms. The van der Waals surface area contributed by atoms with Crippen LogP contribution in [0.25, 0.3) is 0 Å². The van der Waals surface area contributed by atoms with Crippen LogP contribution in [-0.4, -0.2) is 30.7 Å². The average molecular weight is 406 g/mol. The topological polar surface area (TPSA) is 71.0 Å². The number of nitrogens with zero attached hydrogens (tertiary/aromatic N) is 2.